The second-order valence-corrected chi connectivity index (χ2v) is 6.37. The van der Waals surface area contributed by atoms with Crippen molar-refractivity contribution in [1.29, 1.82) is 0 Å². The predicted octanol–water partition coefficient (Wildman–Crippen LogP) is 3.03. The SMILES string of the molecule is CCN(C)c1ccc(C(=O)CCCNC(=O)OC(C)(C)C)cn1. The second kappa shape index (κ2) is 8.50. The van der Waals surface area contributed by atoms with Crippen molar-refractivity contribution >= 4 is 17.7 Å². The maximum atomic E-state index is 12.1. The largest absolute Gasteiger partial charge is 0.444 e. The van der Waals surface area contributed by atoms with E-state index in [0.29, 0.717) is 24.9 Å². The van der Waals surface area contributed by atoms with Gasteiger partial charge in [0.15, 0.2) is 5.78 Å². The highest BCUT2D eigenvalue weighted by Crippen LogP contribution is 2.11. The molecule has 1 heterocycles. The van der Waals surface area contributed by atoms with Gasteiger partial charge in [-0.05, 0) is 46.2 Å². The summed E-state index contributed by atoms with van der Waals surface area (Å²) in [5.74, 6) is 0.866. The Balaban J connectivity index is 2.35. The fraction of sp³-hybridized carbons (Fsp3) is 0.588. The van der Waals surface area contributed by atoms with Crippen molar-refractivity contribution in [3.8, 4) is 0 Å². The second-order valence-electron chi connectivity index (χ2n) is 6.37. The van der Waals surface area contributed by atoms with E-state index in [1.807, 2.05) is 45.7 Å². The number of nitrogens with one attached hydrogen (secondary N) is 1. The fourth-order valence-electron chi connectivity index (χ4n) is 1.84. The molecule has 1 aromatic rings. The molecule has 0 aliphatic carbocycles. The van der Waals surface area contributed by atoms with Gasteiger partial charge >= 0.3 is 6.09 Å². The molecule has 0 aliphatic heterocycles. The standard InChI is InChI=1S/C17H27N3O3/c1-6-20(5)15-10-9-13(12-19-15)14(21)8-7-11-18-16(22)23-17(2,3)4/h9-10,12H,6-8,11H2,1-5H3,(H,18,22). The van der Waals surface area contributed by atoms with E-state index in [0.717, 1.165) is 12.4 Å². The Morgan fingerprint density at radius 3 is 2.52 bits per heavy atom. The molecule has 0 radical (unpaired) electrons. The van der Waals surface area contributed by atoms with Crippen LogP contribution in [0.5, 0.6) is 0 Å². The summed E-state index contributed by atoms with van der Waals surface area (Å²) in [6, 6.07) is 3.63. The van der Waals surface area contributed by atoms with Gasteiger partial charge in [0.25, 0.3) is 0 Å². The number of carbonyl (C=O) groups is 2. The van der Waals surface area contributed by atoms with E-state index in [1.165, 1.54) is 0 Å². The van der Waals surface area contributed by atoms with E-state index in [4.69, 9.17) is 4.74 Å². The summed E-state index contributed by atoms with van der Waals surface area (Å²) in [7, 11) is 1.95. The number of Topliss-reactive ketones (excluding diaryl/α,β-unsaturated/α-hetero) is 1. The summed E-state index contributed by atoms with van der Waals surface area (Å²) < 4.78 is 5.13. The van der Waals surface area contributed by atoms with Crippen molar-refractivity contribution in [2.24, 2.45) is 0 Å². The number of hydrogen-bond acceptors (Lipinski definition) is 5. The first-order valence-electron chi connectivity index (χ1n) is 7.90. The lowest BCUT2D eigenvalue weighted by Crippen LogP contribution is -2.33. The number of anilines is 1. The molecule has 0 fully saturated rings. The molecule has 0 aromatic carbocycles. The molecule has 23 heavy (non-hydrogen) atoms. The van der Waals surface area contributed by atoms with Crippen LogP contribution in [0.25, 0.3) is 0 Å². The molecule has 1 aromatic heterocycles. The van der Waals surface area contributed by atoms with Crippen molar-refractivity contribution in [2.45, 2.75) is 46.1 Å². The maximum Gasteiger partial charge on any atom is 0.407 e. The zero-order valence-corrected chi connectivity index (χ0v) is 14.7. The lowest BCUT2D eigenvalue weighted by molar-refractivity contribution is 0.0525. The Morgan fingerprint density at radius 1 is 1.30 bits per heavy atom. The van der Waals surface area contributed by atoms with Gasteiger partial charge in [-0.1, -0.05) is 0 Å². The first-order chi connectivity index (χ1) is 10.7. The first-order valence-corrected chi connectivity index (χ1v) is 7.90. The molecule has 1 rings (SSSR count). The van der Waals surface area contributed by atoms with Crippen molar-refractivity contribution in [3.05, 3.63) is 23.9 Å². The maximum absolute atomic E-state index is 12.1. The predicted molar refractivity (Wildman–Crippen MR) is 91.0 cm³/mol. The van der Waals surface area contributed by atoms with E-state index in [9.17, 15) is 9.59 Å². The Hall–Kier alpha value is -2.11. The third kappa shape index (κ3) is 7.13. The van der Waals surface area contributed by atoms with Gasteiger partial charge in [0.2, 0.25) is 0 Å². The Bertz CT molecular complexity index is 521. The van der Waals surface area contributed by atoms with Crippen LogP contribution in [-0.2, 0) is 4.74 Å². The number of alkyl carbamates (subject to hydrolysis) is 1. The number of rotatable bonds is 7. The monoisotopic (exact) mass is 321 g/mol. The summed E-state index contributed by atoms with van der Waals surface area (Å²) in [5.41, 5.74) is 0.0782. The van der Waals surface area contributed by atoms with Crippen molar-refractivity contribution < 1.29 is 14.3 Å². The van der Waals surface area contributed by atoms with E-state index in [-0.39, 0.29) is 5.78 Å². The average molecular weight is 321 g/mol. The van der Waals surface area contributed by atoms with Crippen molar-refractivity contribution in [1.82, 2.24) is 10.3 Å². The highest BCUT2D eigenvalue weighted by Gasteiger charge is 2.15. The van der Waals surface area contributed by atoms with Crippen LogP contribution in [0.4, 0.5) is 10.6 Å². The molecule has 1 amide bonds. The number of ether oxygens (including phenoxy) is 1. The Labute approximate surface area is 138 Å². The lowest BCUT2D eigenvalue weighted by Gasteiger charge is -2.19. The van der Waals surface area contributed by atoms with Gasteiger partial charge < -0.3 is 15.0 Å². The van der Waals surface area contributed by atoms with E-state index < -0.39 is 11.7 Å². The minimum atomic E-state index is -0.515. The van der Waals surface area contributed by atoms with Gasteiger partial charge in [0.05, 0.1) is 0 Å². The van der Waals surface area contributed by atoms with Crippen LogP contribution in [0.3, 0.4) is 0 Å². The number of pyridine rings is 1. The molecular weight excluding hydrogens is 294 g/mol. The topological polar surface area (TPSA) is 71.5 Å². The normalized spacial score (nSPS) is 11.0. The lowest BCUT2D eigenvalue weighted by atomic mass is 10.1. The molecule has 0 aliphatic rings. The molecule has 0 saturated heterocycles. The first kappa shape index (κ1) is 18.9. The highest BCUT2D eigenvalue weighted by atomic mass is 16.6. The van der Waals surface area contributed by atoms with Crippen molar-refractivity contribution in [2.75, 3.05) is 25.0 Å². The summed E-state index contributed by atoms with van der Waals surface area (Å²) in [6.07, 6.45) is 2.07. The molecule has 128 valence electrons. The summed E-state index contributed by atoms with van der Waals surface area (Å²) in [4.78, 5) is 29.8. The van der Waals surface area contributed by atoms with Crippen LogP contribution in [0.1, 0.15) is 50.9 Å². The Morgan fingerprint density at radius 2 is 2.00 bits per heavy atom. The molecule has 0 atom stereocenters. The van der Waals surface area contributed by atoms with Crippen LogP contribution in [0.2, 0.25) is 0 Å². The van der Waals surface area contributed by atoms with Gasteiger partial charge in [-0.2, -0.15) is 0 Å². The molecule has 1 N–H and O–H groups in total. The zero-order chi connectivity index (χ0) is 17.5. The van der Waals surface area contributed by atoms with E-state index in [2.05, 4.69) is 10.3 Å². The molecular formula is C17H27N3O3. The number of ketones is 1. The number of carbonyl (C=O) groups excluding carboxylic acids is 2. The number of aromatic nitrogens is 1. The zero-order valence-electron chi connectivity index (χ0n) is 14.7. The van der Waals surface area contributed by atoms with Crippen LogP contribution in [0.15, 0.2) is 18.3 Å². The van der Waals surface area contributed by atoms with Crippen LogP contribution in [-0.4, -0.2) is 42.6 Å². The molecule has 0 bridgehead atoms. The van der Waals surface area contributed by atoms with E-state index in [1.54, 1.807) is 12.3 Å². The van der Waals surface area contributed by atoms with Gasteiger partial charge in [0.1, 0.15) is 11.4 Å². The molecule has 0 unspecified atom stereocenters. The average Bonchev–Trinajstić information content (AvgIpc) is 2.49. The van der Waals surface area contributed by atoms with Crippen LogP contribution < -0.4 is 10.2 Å². The third-order valence-corrected chi connectivity index (χ3v) is 3.18. The van der Waals surface area contributed by atoms with Crippen LogP contribution in [0, 0.1) is 0 Å². The van der Waals surface area contributed by atoms with Gasteiger partial charge in [-0.15, -0.1) is 0 Å². The van der Waals surface area contributed by atoms with Crippen molar-refractivity contribution in [3.63, 3.8) is 0 Å². The summed E-state index contributed by atoms with van der Waals surface area (Å²) in [6.45, 7) is 8.73. The van der Waals surface area contributed by atoms with Crippen LogP contribution >= 0.6 is 0 Å². The molecule has 6 nitrogen and oxygen atoms in total. The minimum absolute atomic E-state index is 0.0224. The van der Waals surface area contributed by atoms with E-state index >= 15 is 0 Å². The third-order valence-electron chi connectivity index (χ3n) is 3.18. The minimum Gasteiger partial charge on any atom is -0.444 e. The van der Waals surface area contributed by atoms with Gasteiger partial charge in [0, 0.05) is 38.3 Å². The quantitative estimate of drug-likeness (QED) is 0.617. The number of hydrogen-bond donors (Lipinski definition) is 1. The van der Waals surface area contributed by atoms with Gasteiger partial charge in [-0.3, -0.25) is 4.79 Å². The number of nitrogens with zero attached hydrogens (tertiary/aromatic N) is 2. The molecule has 0 saturated carbocycles. The molecule has 6 heteroatoms. The van der Waals surface area contributed by atoms with Gasteiger partial charge in [-0.25, -0.2) is 9.78 Å². The number of amides is 1. The smallest absolute Gasteiger partial charge is 0.407 e. The summed E-state index contributed by atoms with van der Waals surface area (Å²) >= 11 is 0. The highest BCUT2D eigenvalue weighted by molar-refractivity contribution is 5.95. The Kier molecular flexibility index (Phi) is 7.00. The molecule has 0 spiro atoms. The fourth-order valence-corrected chi connectivity index (χ4v) is 1.84. The summed E-state index contributed by atoms with van der Waals surface area (Å²) in [5, 5.41) is 2.64.